The van der Waals surface area contributed by atoms with Crippen molar-refractivity contribution in [2.24, 2.45) is 0 Å². The van der Waals surface area contributed by atoms with E-state index in [1.165, 1.54) is 18.2 Å². The molecule has 0 saturated heterocycles. The predicted molar refractivity (Wildman–Crippen MR) is 100.0 cm³/mol. The van der Waals surface area contributed by atoms with Gasteiger partial charge < -0.3 is 20.3 Å². The molecule has 0 bridgehead atoms. The van der Waals surface area contributed by atoms with E-state index in [0.717, 1.165) is 0 Å². The summed E-state index contributed by atoms with van der Waals surface area (Å²) in [6.45, 7) is 0.0540. The van der Waals surface area contributed by atoms with Gasteiger partial charge in [-0.15, -0.1) is 0 Å². The Kier molecular flexibility index (Phi) is 6.84. The van der Waals surface area contributed by atoms with Gasteiger partial charge in [-0.3, -0.25) is 19.7 Å². The Labute approximate surface area is 156 Å². The molecule has 2 aromatic rings. The fourth-order valence-electron chi connectivity index (χ4n) is 2.42. The highest BCUT2D eigenvalue weighted by Gasteiger charge is 2.18. The molecule has 3 N–H and O–H groups in total. The first kappa shape index (κ1) is 19.9. The molecule has 0 aliphatic carbocycles. The van der Waals surface area contributed by atoms with Crippen molar-refractivity contribution in [1.29, 1.82) is 0 Å². The van der Waals surface area contributed by atoms with Crippen molar-refractivity contribution in [1.82, 2.24) is 0 Å². The molecular formula is C18H21N4O5+. The largest absolute Gasteiger partial charge is 0.497 e. The number of nitrogens with one attached hydrogen (secondary N) is 3. The first-order chi connectivity index (χ1) is 12.9. The lowest BCUT2D eigenvalue weighted by Gasteiger charge is -2.14. The number of nitro benzene ring substituents is 1. The fraction of sp³-hybridized carbons (Fsp3) is 0.222. The summed E-state index contributed by atoms with van der Waals surface area (Å²) in [6.07, 6.45) is 0. The van der Waals surface area contributed by atoms with Crippen molar-refractivity contribution in [2.75, 3.05) is 37.9 Å². The van der Waals surface area contributed by atoms with E-state index in [9.17, 15) is 19.7 Å². The monoisotopic (exact) mass is 373 g/mol. The number of methoxy groups -OCH3 is 1. The molecule has 1 atom stereocenters. The van der Waals surface area contributed by atoms with Gasteiger partial charge in [0, 0.05) is 11.8 Å². The minimum atomic E-state index is -0.561. The summed E-state index contributed by atoms with van der Waals surface area (Å²) in [5.74, 6) is 0.0117. The quantitative estimate of drug-likeness (QED) is 0.465. The third-order valence-electron chi connectivity index (χ3n) is 3.67. The van der Waals surface area contributed by atoms with E-state index in [1.54, 1.807) is 44.5 Å². The first-order valence-electron chi connectivity index (χ1n) is 8.17. The zero-order valence-corrected chi connectivity index (χ0v) is 15.0. The van der Waals surface area contributed by atoms with Crippen molar-refractivity contribution in [3.05, 3.63) is 58.6 Å². The van der Waals surface area contributed by atoms with Crippen LogP contribution in [0.2, 0.25) is 0 Å². The molecule has 1 unspecified atom stereocenters. The summed E-state index contributed by atoms with van der Waals surface area (Å²) >= 11 is 0. The summed E-state index contributed by atoms with van der Waals surface area (Å²) in [5.41, 5.74) is 0.571. The average Bonchev–Trinajstić information content (AvgIpc) is 2.62. The highest BCUT2D eigenvalue weighted by Crippen LogP contribution is 2.22. The Morgan fingerprint density at radius 3 is 2.22 bits per heavy atom. The second-order valence-electron chi connectivity index (χ2n) is 5.91. The number of likely N-dealkylation sites (N-methyl/N-ethyl adjacent to an activating group) is 1. The molecule has 0 heterocycles. The minimum Gasteiger partial charge on any atom is -0.497 e. The Bertz CT molecular complexity index is 823. The third-order valence-corrected chi connectivity index (χ3v) is 3.67. The Balaban J connectivity index is 1.85. The molecule has 0 radical (unpaired) electrons. The lowest BCUT2D eigenvalue weighted by molar-refractivity contribution is -0.862. The molecule has 27 heavy (non-hydrogen) atoms. The van der Waals surface area contributed by atoms with Crippen LogP contribution in [0.15, 0.2) is 48.5 Å². The number of rotatable bonds is 8. The minimum absolute atomic E-state index is 0.0118. The lowest BCUT2D eigenvalue weighted by atomic mass is 10.2. The second kappa shape index (κ2) is 9.30. The highest BCUT2D eigenvalue weighted by atomic mass is 16.6. The number of benzene rings is 2. The standard InChI is InChI=1S/C18H20N4O5/c1-21(11-17(23)19-13-7-9-14(27-2)10-8-13)12-18(24)20-15-5-3-4-6-16(15)22(25)26/h3-10H,11-12H2,1-2H3,(H,19,23)(H,20,24)/p+1. The zero-order valence-electron chi connectivity index (χ0n) is 15.0. The van der Waals surface area contributed by atoms with E-state index < -0.39 is 10.8 Å². The number of quaternary nitrogens is 1. The SMILES string of the molecule is COc1ccc(NC(=O)C[NH+](C)CC(=O)Nc2ccccc2[N+](=O)[O-])cc1. The number of hydrogen-bond donors (Lipinski definition) is 3. The van der Waals surface area contributed by atoms with Crippen molar-refractivity contribution < 1.29 is 24.1 Å². The molecular weight excluding hydrogens is 352 g/mol. The summed E-state index contributed by atoms with van der Waals surface area (Å²) < 4.78 is 5.05. The van der Waals surface area contributed by atoms with Gasteiger partial charge in [-0.2, -0.15) is 0 Å². The fourth-order valence-corrected chi connectivity index (χ4v) is 2.42. The van der Waals surface area contributed by atoms with Crippen molar-refractivity contribution in [3.63, 3.8) is 0 Å². The molecule has 2 rings (SSSR count). The van der Waals surface area contributed by atoms with Crippen molar-refractivity contribution >= 4 is 28.9 Å². The number of hydrogen-bond acceptors (Lipinski definition) is 5. The molecule has 142 valence electrons. The van der Waals surface area contributed by atoms with Gasteiger partial charge in [0.25, 0.3) is 17.5 Å². The van der Waals surface area contributed by atoms with Gasteiger partial charge in [-0.05, 0) is 30.3 Å². The smallest absolute Gasteiger partial charge is 0.292 e. The number of ether oxygens (including phenoxy) is 1. The van der Waals surface area contributed by atoms with Crippen LogP contribution in [0.1, 0.15) is 0 Å². The summed E-state index contributed by atoms with van der Waals surface area (Å²) in [5, 5.41) is 16.2. The van der Waals surface area contributed by atoms with Crippen LogP contribution >= 0.6 is 0 Å². The second-order valence-corrected chi connectivity index (χ2v) is 5.91. The topological polar surface area (TPSA) is 115 Å². The summed E-state index contributed by atoms with van der Waals surface area (Å²) in [4.78, 5) is 35.2. The van der Waals surface area contributed by atoms with Crippen LogP contribution in [-0.2, 0) is 9.59 Å². The van der Waals surface area contributed by atoms with Crippen LogP contribution in [0, 0.1) is 10.1 Å². The predicted octanol–water partition coefficient (Wildman–Crippen LogP) is 0.695. The summed E-state index contributed by atoms with van der Waals surface area (Å²) in [6, 6.07) is 12.8. The van der Waals surface area contributed by atoms with Crippen molar-refractivity contribution in [3.8, 4) is 5.75 Å². The first-order valence-corrected chi connectivity index (χ1v) is 8.17. The van der Waals surface area contributed by atoms with Crippen LogP contribution in [0.25, 0.3) is 0 Å². The summed E-state index contributed by atoms with van der Waals surface area (Å²) in [7, 11) is 3.24. The molecule has 0 fully saturated rings. The molecule has 0 aromatic heterocycles. The maximum atomic E-state index is 12.1. The van der Waals surface area contributed by atoms with E-state index in [2.05, 4.69) is 10.6 Å². The maximum absolute atomic E-state index is 12.1. The van der Waals surface area contributed by atoms with Crippen LogP contribution in [0.5, 0.6) is 5.75 Å². The number of amides is 2. The molecule has 2 aromatic carbocycles. The van der Waals surface area contributed by atoms with E-state index >= 15 is 0 Å². The van der Waals surface area contributed by atoms with E-state index in [1.807, 2.05) is 0 Å². The van der Waals surface area contributed by atoms with E-state index in [-0.39, 0.29) is 30.4 Å². The molecule has 9 heteroatoms. The number of anilines is 2. The molecule has 0 aliphatic heterocycles. The van der Waals surface area contributed by atoms with Gasteiger partial charge in [0.2, 0.25) is 0 Å². The number of nitro groups is 1. The van der Waals surface area contributed by atoms with Gasteiger partial charge in [0.05, 0.1) is 19.1 Å². The number of carbonyl (C=O) groups excluding carboxylic acids is 2. The molecule has 0 saturated carbocycles. The molecule has 9 nitrogen and oxygen atoms in total. The van der Waals surface area contributed by atoms with E-state index in [4.69, 9.17) is 4.74 Å². The maximum Gasteiger partial charge on any atom is 0.292 e. The normalized spacial score (nSPS) is 11.3. The van der Waals surface area contributed by atoms with Gasteiger partial charge in [0.1, 0.15) is 11.4 Å². The highest BCUT2D eigenvalue weighted by molar-refractivity contribution is 5.94. The Morgan fingerprint density at radius 2 is 1.63 bits per heavy atom. The van der Waals surface area contributed by atoms with Crippen LogP contribution in [0.4, 0.5) is 17.1 Å². The van der Waals surface area contributed by atoms with Gasteiger partial charge in [0.15, 0.2) is 13.1 Å². The number of para-hydroxylation sites is 2. The number of carbonyl (C=O) groups is 2. The van der Waals surface area contributed by atoms with Crippen LogP contribution in [-0.4, -0.2) is 44.0 Å². The van der Waals surface area contributed by atoms with Crippen LogP contribution in [0.3, 0.4) is 0 Å². The third kappa shape index (κ3) is 6.08. The zero-order chi connectivity index (χ0) is 19.8. The molecule has 0 aliphatic rings. The Hall–Kier alpha value is -3.46. The average molecular weight is 373 g/mol. The number of nitrogens with zero attached hydrogens (tertiary/aromatic N) is 1. The van der Waals surface area contributed by atoms with E-state index in [0.29, 0.717) is 16.3 Å². The molecule has 2 amide bonds. The molecule has 0 spiro atoms. The van der Waals surface area contributed by atoms with Gasteiger partial charge >= 0.3 is 0 Å². The van der Waals surface area contributed by atoms with Gasteiger partial charge in [-0.1, -0.05) is 12.1 Å². The van der Waals surface area contributed by atoms with Gasteiger partial charge in [-0.25, -0.2) is 0 Å². The van der Waals surface area contributed by atoms with Crippen LogP contribution < -0.4 is 20.3 Å². The van der Waals surface area contributed by atoms with Crippen molar-refractivity contribution in [2.45, 2.75) is 0 Å². The lowest BCUT2D eigenvalue weighted by Crippen LogP contribution is -3.11. The Morgan fingerprint density at radius 1 is 1.04 bits per heavy atom.